The normalized spacial score (nSPS) is 16.7. The molecule has 0 atom stereocenters. The maximum absolute atomic E-state index is 12.0. The van der Waals surface area contributed by atoms with E-state index < -0.39 is 9.84 Å². The van der Waals surface area contributed by atoms with E-state index in [4.69, 9.17) is 0 Å². The highest BCUT2D eigenvalue weighted by Crippen LogP contribution is 2.26. The number of hydrogen-bond acceptors (Lipinski definition) is 3. The predicted octanol–water partition coefficient (Wildman–Crippen LogP) is 3.01. The summed E-state index contributed by atoms with van der Waals surface area (Å²) in [7, 11) is -2.91. The van der Waals surface area contributed by atoms with E-state index in [1.807, 2.05) is 31.2 Å². The minimum Gasteiger partial charge on any atom is -0.384 e. The van der Waals surface area contributed by atoms with E-state index in [1.54, 1.807) is 0 Å². The predicted molar refractivity (Wildman–Crippen MR) is 80.3 cm³/mol. The Bertz CT molecular complexity index is 487. The van der Waals surface area contributed by atoms with Gasteiger partial charge < -0.3 is 5.32 Å². The molecule has 1 aliphatic rings. The molecule has 106 valence electrons. The van der Waals surface area contributed by atoms with E-state index in [0.717, 1.165) is 18.5 Å². The third-order valence-electron chi connectivity index (χ3n) is 3.76. The Balaban J connectivity index is 1.76. The fraction of sp³-hybridized carbons (Fsp3) is 0.600. The van der Waals surface area contributed by atoms with Crippen molar-refractivity contribution in [2.24, 2.45) is 5.92 Å². The summed E-state index contributed by atoms with van der Waals surface area (Å²) in [5.41, 5.74) is 2.20. The third-order valence-corrected chi connectivity index (χ3v) is 5.56. The Labute approximate surface area is 116 Å². The van der Waals surface area contributed by atoms with Gasteiger partial charge in [0.25, 0.3) is 0 Å². The van der Waals surface area contributed by atoms with Gasteiger partial charge >= 0.3 is 0 Å². The average Bonchev–Trinajstić information content (AvgIpc) is 2.83. The Morgan fingerprint density at radius 2 is 1.79 bits per heavy atom. The molecule has 3 nitrogen and oxygen atoms in total. The summed E-state index contributed by atoms with van der Waals surface area (Å²) in [5.74, 6) is 1.02. The summed E-state index contributed by atoms with van der Waals surface area (Å²) in [6.07, 6.45) is 4.57. The van der Waals surface area contributed by atoms with Crippen LogP contribution in [-0.4, -0.2) is 26.5 Å². The van der Waals surface area contributed by atoms with Crippen LogP contribution in [0.2, 0.25) is 0 Å². The molecule has 0 aromatic heterocycles. The quantitative estimate of drug-likeness (QED) is 0.872. The van der Waals surface area contributed by atoms with Crippen molar-refractivity contribution in [2.45, 2.75) is 32.6 Å². The Hall–Kier alpha value is -1.03. The molecule has 2 rings (SSSR count). The lowest BCUT2D eigenvalue weighted by molar-refractivity contribution is 0.559. The highest BCUT2D eigenvalue weighted by Gasteiger charge is 2.22. The molecule has 0 saturated heterocycles. The first-order valence-corrected chi connectivity index (χ1v) is 8.88. The second-order valence-corrected chi connectivity index (χ2v) is 7.79. The van der Waals surface area contributed by atoms with Gasteiger partial charge in [-0.2, -0.15) is 0 Å². The molecule has 1 saturated carbocycles. The minimum atomic E-state index is -2.91. The number of benzene rings is 1. The molecular weight excluding hydrogens is 258 g/mol. The number of aryl methyl sites for hydroxylation is 1. The SMILES string of the molecule is Cc1ccc(NCCS(=O)(=O)CC2CCCC2)cc1. The summed E-state index contributed by atoms with van der Waals surface area (Å²) in [4.78, 5) is 0. The Morgan fingerprint density at radius 1 is 1.16 bits per heavy atom. The molecule has 0 bridgehead atoms. The molecule has 0 aliphatic heterocycles. The zero-order chi connectivity index (χ0) is 13.7. The van der Waals surface area contributed by atoms with Crippen molar-refractivity contribution in [3.05, 3.63) is 29.8 Å². The summed E-state index contributed by atoms with van der Waals surface area (Å²) in [5, 5.41) is 3.17. The molecular formula is C15H23NO2S. The fourth-order valence-electron chi connectivity index (χ4n) is 2.64. The maximum Gasteiger partial charge on any atom is 0.152 e. The summed E-state index contributed by atoms with van der Waals surface area (Å²) < 4.78 is 24.0. The lowest BCUT2D eigenvalue weighted by atomic mass is 10.1. The molecule has 1 aliphatic carbocycles. The first-order chi connectivity index (χ1) is 9.05. The lowest BCUT2D eigenvalue weighted by Crippen LogP contribution is -2.22. The van der Waals surface area contributed by atoms with Crippen molar-refractivity contribution in [1.82, 2.24) is 0 Å². The lowest BCUT2D eigenvalue weighted by Gasteiger charge is -2.11. The standard InChI is InChI=1S/C15H23NO2S/c1-13-6-8-15(9-7-13)16-10-11-19(17,18)12-14-4-2-3-5-14/h6-9,14,16H,2-5,10-12H2,1H3. The van der Waals surface area contributed by atoms with Gasteiger partial charge in [0, 0.05) is 12.2 Å². The summed E-state index contributed by atoms with van der Waals surface area (Å²) in [6, 6.07) is 8.02. The molecule has 0 radical (unpaired) electrons. The van der Waals surface area contributed by atoms with Crippen molar-refractivity contribution in [3.63, 3.8) is 0 Å². The molecule has 0 spiro atoms. The van der Waals surface area contributed by atoms with Gasteiger partial charge in [-0.3, -0.25) is 0 Å². The van der Waals surface area contributed by atoms with Crippen molar-refractivity contribution in [2.75, 3.05) is 23.4 Å². The van der Waals surface area contributed by atoms with E-state index >= 15 is 0 Å². The second kappa shape index (κ2) is 6.42. The van der Waals surface area contributed by atoms with Gasteiger partial charge in [-0.05, 0) is 37.8 Å². The monoisotopic (exact) mass is 281 g/mol. The maximum atomic E-state index is 12.0. The van der Waals surface area contributed by atoms with Gasteiger partial charge in [-0.1, -0.05) is 30.5 Å². The van der Waals surface area contributed by atoms with Crippen LogP contribution in [0.3, 0.4) is 0 Å². The van der Waals surface area contributed by atoms with E-state index in [9.17, 15) is 8.42 Å². The molecule has 1 N–H and O–H groups in total. The highest BCUT2D eigenvalue weighted by molar-refractivity contribution is 7.91. The van der Waals surface area contributed by atoms with Crippen LogP contribution in [0.15, 0.2) is 24.3 Å². The average molecular weight is 281 g/mol. The zero-order valence-corrected chi connectivity index (χ0v) is 12.4. The number of nitrogens with one attached hydrogen (secondary N) is 1. The first-order valence-electron chi connectivity index (χ1n) is 7.06. The zero-order valence-electron chi connectivity index (χ0n) is 11.6. The molecule has 1 fully saturated rings. The van der Waals surface area contributed by atoms with Gasteiger partial charge in [0.05, 0.1) is 11.5 Å². The summed E-state index contributed by atoms with van der Waals surface area (Å²) in [6.45, 7) is 2.54. The van der Waals surface area contributed by atoms with Gasteiger partial charge in [0.2, 0.25) is 0 Å². The number of hydrogen-bond donors (Lipinski definition) is 1. The van der Waals surface area contributed by atoms with E-state index in [0.29, 0.717) is 18.2 Å². The molecule has 1 aromatic carbocycles. The van der Waals surface area contributed by atoms with Crippen LogP contribution in [0.25, 0.3) is 0 Å². The van der Waals surface area contributed by atoms with Gasteiger partial charge in [-0.25, -0.2) is 8.42 Å². The smallest absolute Gasteiger partial charge is 0.152 e. The fourth-order valence-corrected chi connectivity index (χ4v) is 4.27. The molecule has 19 heavy (non-hydrogen) atoms. The van der Waals surface area contributed by atoms with Crippen molar-refractivity contribution < 1.29 is 8.42 Å². The van der Waals surface area contributed by atoms with Crippen LogP contribution in [-0.2, 0) is 9.84 Å². The number of rotatable bonds is 6. The first kappa shape index (κ1) is 14.4. The largest absolute Gasteiger partial charge is 0.384 e. The van der Waals surface area contributed by atoms with Crippen LogP contribution >= 0.6 is 0 Å². The highest BCUT2D eigenvalue weighted by atomic mass is 32.2. The van der Waals surface area contributed by atoms with Gasteiger partial charge in [-0.15, -0.1) is 0 Å². The molecule has 0 amide bonds. The van der Waals surface area contributed by atoms with E-state index in [-0.39, 0.29) is 5.75 Å². The van der Waals surface area contributed by atoms with E-state index in [1.165, 1.54) is 18.4 Å². The molecule has 4 heteroatoms. The summed E-state index contributed by atoms with van der Waals surface area (Å²) >= 11 is 0. The minimum absolute atomic E-state index is 0.234. The van der Waals surface area contributed by atoms with Crippen molar-refractivity contribution in [1.29, 1.82) is 0 Å². The molecule has 0 unspecified atom stereocenters. The second-order valence-electron chi connectivity index (χ2n) is 5.56. The van der Waals surface area contributed by atoms with Crippen LogP contribution < -0.4 is 5.32 Å². The van der Waals surface area contributed by atoms with Crippen molar-refractivity contribution in [3.8, 4) is 0 Å². The van der Waals surface area contributed by atoms with Crippen molar-refractivity contribution >= 4 is 15.5 Å². The van der Waals surface area contributed by atoms with Crippen LogP contribution in [0.4, 0.5) is 5.69 Å². The van der Waals surface area contributed by atoms with Crippen LogP contribution in [0.1, 0.15) is 31.2 Å². The van der Waals surface area contributed by atoms with Crippen LogP contribution in [0, 0.1) is 12.8 Å². The third kappa shape index (κ3) is 4.86. The number of sulfone groups is 1. The number of anilines is 1. The molecule has 0 heterocycles. The van der Waals surface area contributed by atoms with Crippen LogP contribution in [0.5, 0.6) is 0 Å². The van der Waals surface area contributed by atoms with Gasteiger partial charge in [0.1, 0.15) is 0 Å². The Morgan fingerprint density at radius 3 is 2.42 bits per heavy atom. The molecule has 1 aromatic rings. The van der Waals surface area contributed by atoms with E-state index in [2.05, 4.69) is 5.32 Å². The topological polar surface area (TPSA) is 46.2 Å². The Kier molecular flexibility index (Phi) is 4.86. The van der Waals surface area contributed by atoms with Gasteiger partial charge in [0.15, 0.2) is 9.84 Å².